The van der Waals surface area contributed by atoms with Crippen LogP contribution >= 0.6 is 0 Å². The minimum absolute atomic E-state index is 0.00406. The molecule has 2 aliphatic rings. The van der Waals surface area contributed by atoms with Crippen molar-refractivity contribution in [3.8, 4) is 0 Å². The van der Waals surface area contributed by atoms with Crippen molar-refractivity contribution >= 4 is 0 Å². The summed E-state index contributed by atoms with van der Waals surface area (Å²) in [6.07, 6.45) is 4.32. The Kier molecular flexibility index (Phi) is 4.39. The molecule has 0 bridgehead atoms. The summed E-state index contributed by atoms with van der Waals surface area (Å²) < 4.78 is 19.1. The second-order valence-electron chi connectivity index (χ2n) is 5.62. The predicted octanol–water partition coefficient (Wildman–Crippen LogP) is 1.74. The Morgan fingerprint density at radius 2 is 1.94 bits per heavy atom. The molecule has 1 aliphatic carbocycles. The third-order valence-corrected chi connectivity index (χ3v) is 4.18. The van der Waals surface area contributed by atoms with Crippen molar-refractivity contribution in [2.45, 2.75) is 56.3 Å². The lowest BCUT2D eigenvalue weighted by atomic mass is 9.89. The first-order chi connectivity index (χ1) is 8.11. The van der Waals surface area contributed by atoms with Gasteiger partial charge in [0, 0.05) is 38.6 Å². The molecule has 0 aromatic carbocycles. The molecular formula is C13H24FNO2. The normalized spacial score (nSPS) is 33.9. The summed E-state index contributed by atoms with van der Waals surface area (Å²) in [6.45, 7) is 1.81. The van der Waals surface area contributed by atoms with Gasteiger partial charge in [0.15, 0.2) is 0 Å². The molecule has 2 rings (SSSR count). The monoisotopic (exact) mass is 245 g/mol. The van der Waals surface area contributed by atoms with Crippen LogP contribution in [0.4, 0.5) is 4.39 Å². The summed E-state index contributed by atoms with van der Waals surface area (Å²) in [5.41, 5.74) is -0.676. The number of hydrogen-bond donors (Lipinski definition) is 1. The minimum atomic E-state index is -0.725. The Balaban J connectivity index is 1.88. The fraction of sp³-hybridized carbons (Fsp3) is 1.00. The highest BCUT2D eigenvalue weighted by atomic mass is 19.1. The van der Waals surface area contributed by atoms with Crippen molar-refractivity contribution in [3.63, 3.8) is 0 Å². The quantitative estimate of drug-likeness (QED) is 0.822. The first-order valence-electron chi connectivity index (χ1n) is 6.75. The standard InChI is InChI=1S/C13H24FNO2/c1-15(12-5-3-2-4-11(12)14)10-13(16)6-8-17-9-7-13/h11-12,16H,2-10H2,1H3/t11-,12-/m1/s1. The van der Waals surface area contributed by atoms with Crippen LogP contribution in [0.1, 0.15) is 38.5 Å². The molecule has 0 spiro atoms. The zero-order valence-corrected chi connectivity index (χ0v) is 10.7. The van der Waals surface area contributed by atoms with Gasteiger partial charge in [-0.1, -0.05) is 12.8 Å². The number of hydrogen-bond acceptors (Lipinski definition) is 3. The predicted molar refractivity (Wildman–Crippen MR) is 64.8 cm³/mol. The van der Waals surface area contributed by atoms with E-state index < -0.39 is 11.8 Å². The Hall–Kier alpha value is -0.190. The van der Waals surface area contributed by atoms with E-state index in [2.05, 4.69) is 0 Å². The van der Waals surface area contributed by atoms with Crippen molar-refractivity contribution in [2.24, 2.45) is 0 Å². The lowest BCUT2D eigenvalue weighted by molar-refractivity contribution is -0.0868. The molecule has 0 aromatic heterocycles. The van der Waals surface area contributed by atoms with Crippen LogP contribution in [0.25, 0.3) is 0 Å². The highest BCUT2D eigenvalue weighted by Crippen LogP contribution is 2.28. The molecule has 3 nitrogen and oxygen atoms in total. The van der Waals surface area contributed by atoms with Gasteiger partial charge in [-0.15, -0.1) is 0 Å². The fourth-order valence-electron chi connectivity index (χ4n) is 3.05. The van der Waals surface area contributed by atoms with Crippen LogP contribution in [-0.4, -0.2) is 54.6 Å². The molecule has 1 aliphatic heterocycles. The van der Waals surface area contributed by atoms with Crippen LogP contribution in [0.3, 0.4) is 0 Å². The fourth-order valence-corrected chi connectivity index (χ4v) is 3.05. The zero-order valence-electron chi connectivity index (χ0n) is 10.7. The molecular weight excluding hydrogens is 221 g/mol. The van der Waals surface area contributed by atoms with Gasteiger partial charge >= 0.3 is 0 Å². The Morgan fingerprint density at radius 1 is 1.29 bits per heavy atom. The number of rotatable bonds is 3. The molecule has 4 heteroatoms. The van der Waals surface area contributed by atoms with Gasteiger partial charge in [-0.05, 0) is 19.9 Å². The molecule has 1 saturated heterocycles. The summed E-state index contributed by atoms with van der Waals surface area (Å²) in [5, 5.41) is 10.4. The number of likely N-dealkylation sites (N-methyl/N-ethyl adjacent to an activating group) is 1. The van der Waals surface area contributed by atoms with Gasteiger partial charge in [-0.25, -0.2) is 4.39 Å². The van der Waals surface area contributed by atoms with E-state index in [9.17, 15) is 9.50 Å². The summed E-state index contributed by atoms with van der Waals surface area (Å²) in [5.74, 6) is 0. The van der Waals surface area contributed by atoms with Gasteiger partial charge in [-0.2, -0.15) is 0 Å². The molecule has 17 heavy (non-hydrogen) atoms. The summed E-state index contributed by atoms with van der Waals surface area (Å²) >= 11 is 0. The number of ether oxygens (including phenoxy) is 1. The van der Waals surface area contributed by atoms with Crippen LogP contribution in [0.5, 0.6) is 0 Å². The van der Waals surface area contributed by atoms with Crippen LogP contribution in [0, 0.1) is 0 Å². The smallest absolute Gasteiger partial charge is 0.116 e. The van der Waals surface area contributed by atoms with Crippen molar-refractivity contribution in [1.29, 1.82) is 0 Å². The third-order valence-electron chi connectivity index (χ3n) is 4.18. The number of aliphatic hydroxyl groups is 1. The van der Waals surface area contributed by atoms with Gasteiger partial charge in [0.05, 0.1) is 5.60 Å². The van der Waals surface area contributed by atoms with E-state index in [-0.39, 0.29) is 6.04 Å². The van der Waals surface area contributed by atoms with Crippen molar-refractivity contribution < 1.29 is 14.2 Å². The van der Waals surface area contributed by atoms with Gasteiger partial charge in [0.2, 0.25) is 0 Å². The summed E-state index contributed by atoms with van der Waals surface area (Å²) in [6, 6.07) is -0.00406. The summed E-state index contributed by atoms with van der Waals surface area (Å²) in [7, 11) is 1.94. The third kappa shape index (κ3) is 3.39. The first kappa shape index (κ1) is 13.2. The van der Waals surface area contributed by atoms with Crippen molar-refractivity contribution in [1.82, 2.24) is 4.90 Å². The highest BCUT2D eigenvalue weighted by molar-refractivity contribution is 4.89. The van der Waals surface area contributed by atoms with Crippen LogP contribution in [0.2, 0.25) is 0 Å². The zero-order chi connectivity index (χ0) is 12.3. The molecule has 1 N–H and O–H groups in total. The Morgan fingerprint density at radius 3 is 2.59 bits per heavy atom. The molecule has 0 aromatic rings. The highest BCUT2D eigenvalue weighted by Gasteiger charge is 2.35. The molecule has 2 fully saturated rings. The first-order valence-corrected chi connectivity index (χ1v) is 6.75. The van der Waals surface area contributed by atoms with E-state index in [0.717, 1.165) is 19.3 Å². The number of halogens is 1. The van der Waals surface area contributed by atoms with Crippen molar-refractivity contribution in [3.05, 3.63) is 0 Å². The molecule has 1 saturated carbocycles. The average molecular weight is 245 g/mol. The van der Waals surface area contributed by atoms with Gasteiger partial charge in [0.25, 0.3) is 0 Å². The Bertz CT molecular complexity index is 244. The van der Waals surface area contributed by atoms with E-state index in [0.29, 0.717) is 39.0 Å². The SMILES string of the molecule is CN(CC1(O)CCOCC1)[C@@H]1CCCC[C@H]1F. The maximum Gasteiger partial charge on any atom is 0.116 e. The maximum atomic E-state index is 13.8. The lowest BCUT2D eigenvalue weighted by Crippen LogP contribution is -2.51. The second kappa shape index (κ2) is 5.63. The molecule has 2 atom stereocenters. The van der Waals surface area contributed by atoms with E-state index >= 15 is 0 Å². The van der Waals surface area contributed by atoms with Gasteiger partial charge in [0.1, 0.15) is 6.17 Å². The van der Waals surface area contributed by atoms with E-state index in [4.69, 9.17) is 4.74 Å². The average Bonchev–Trinajstić information content (AvgIpc) is 2.29. The minimum Gasteiger partial charge on any atom is -0.388 e. The molecule has 0 amide bonds. The number of nitrogens with zero attached hydrogens (tertiary/aromatic N) is 1. The molecule has 100 valence electrons. The van der Waals surface area contributed by atoms with E-state index in [1.165, 1.54) is 0 Å². The topological polar surface area (TPSA) is 32.7 Å². The van der Waals surface area contributed by atoms with Crippen LogP contribution in [-0.2, 0) is 4.74 Å². The largest absolute Gasteiger partial charge is 0.388 e. The van der Waals surface area contributed by atoms with Crippen molar-refractivity contribution in [2.75, 3.05) is 26.8 Å². The van der Waals surface area contributed by atoms with Crippen LogP contribution < -0.4 is 0 Å². The van der Waals surface area contributed by atoms with Gasteiger partial charge in [-0.3, -0.25) is 4.90 Å². The maximum absolute atomic E-state index is 13.8. The lowest BCUT2D eigenvalue weighted by Gasteiger charge is -2.40. The van der Waals surface area contributed by atoms with Crippen LogP contribution in [0.15, 0.2) is 0 Å². The second-order valence-corrected chi connectivity index (χ2v) is 5.62. The Labute approximate surface area is 103 Å². The molecule has 0 radical (unpaired) electrons. The molecule has 0 unspecified atom stereocenters. The van der Waals surface area contributed by atoms with E-state index in [1.807, 2.05) is 11.9 Å². The number of alkyl halides is 1. The van der Waals surface area contributed by atoms with E-state index in [1.54, 1.807) is 0 Å². The summed E-state index contributed by atoms with van der Waals surface area (Å²) in [4.78, 5) is 2.02. The van der Waals surface area contributed by atoms with Gasteiger partial charge < -0.3 is 9.84 Å². The molecule has 1 heterocycles.